The molecule has 19 heavy (non-hydrogen) atoms. The lowest BCUT2D eigenvalue weighted by atomic mass is 9.78. The van der Waals surface area contributed by atoms with Gasteiger partial charge in [-0.2, -0.15) is 0 Å². The van der Waals surface area contributed by atoms with Crippen molar-refractivity contribution in [3.8, 4) is 0 Å². The van der Waals surface area contributed by atoms with Crippen LogP contribution in [-0.2, 0) is 15.8 Å². The zero-order chi connectivity index (χ0) is 13.9. The number of sulfonamides is 1. The number of hydrogen-bond acceptors (Lipinski definition) is 2. The highest BCUT2D eigenvalue weighted by atomic mass is 32.2. The normalized spacial score (nSPS) is 28.2. The SMILES string of the molecule is C[C@H]1[C@H](C)CCC[C@H]1NS(=O)(=O)Cc1ccccc1. The van der Waals surface area contributed by atoms with E-state index >= 15 is 0 Å². The van der Waals surface area contributed by atoms with Crippen LogP contribution >= 0.6 is 0 Å². The van der Waals surface area contributed by atoms with E-state index in [0.29, 0.717) is 11.8 Å². The molecule has 0 unspecified atom stereocenters. The van der Waals surface area contributed by atoms with E-state index in [2.05, 4.69) is 18.6 Å². The van der Waals surface area contributed by atoms with E-state index in [1.54, 1.807) is 0 Å². The van der Waals surface area contributed by atoms with Crippen LogP contribution in [0.2, 0.25) is 0 Å². The van der Waals surface area contributed by atoms with Gasteiger partial charge in [-0.15, -0.1) is 0 Å². The van der Waals surface area contributed by atoms with Crippen molar-refractivity contribution < 1.29 is 8.42 Å². The summed E-state index contributed by atoms with van der Waals surface area (Å²) in [6.07, 6.45) is 3.28. The maximum absolute atomic E-state index is 12.2. The molecule has 1 saturated carbocycles. The summed E-state index contributed by atoms with van der Waals surface area (Å²) < 4.78 is 27.3. The molecule has 1 aliphatic carbocycles. The molecule has 0 bridgehead atoms. The lowest BCUT2D eigenvalue weighted by Crippen LogP contribution is -2.44. The largest absolute Gasteiger partial charge is 0.216 e. The van der Waals surface area contributed by atoms with Crippen LogP contribution in [0.1, 0.15) is 38.7 Å². The summed E-state index contributed by atoms with van der Waals surface area (Å²) in [5, 5.41) is 0. The van der Waals surface area contributed by atoms with E-state index in [9.17, 15) is 8.42 Å². The Kier molecular flexibility index (Phi) is 4.63. The second kappa shape index (κ2) is 6.06. The van der Waals surface area contributed by atoms with E-state index in [4.69, 9.17) is 0 Å². The monoisotopic (exact) mass is 281 g/mol. The molecule has 1 aliphatic rings. The Bertz CT molecular complexity index is 498. The molecule has 1 fully saturated rings. The summed E-state index contributed by atoms with van der Waals surface area (Å²) in [7, 11) is -3.24. The lowest BCUT2D eigenvalue weighted by Gasteiger charge is -2.34. The number of benzene rings is 1. The summed E-state index contributed by atoms with van der Waals surface area (Å²) in [5.41, 5.74) is 0.839. The van der Waals surface area contributed by atoms with Crippen LogP contribution in [0.5, 0.6) is 0 Å². The maximum Gasteiger partial charge on any atom is 0.216 e. The van der Waals surface area contributed by atoms with Gasteiger partial charge in [-0.3, -0.25) is 0 Å². The summed E-state index contributed by atoms with van der Waals surface area (Å²) in [4.78, 5) is 0. The van der Waals surface area contributed by atoms with E-state index in [0.717, 1.165) is 18.4 Å². The van der Waals surface area contributed by atoms with Crippen molar-refractivity contribution in [3.63, 3.8) is 0 Å². The average Bonchev–Trinajstić information content (AvgIpc) is 2.35. The van der Waals surface area contributed by atoms with Crippen molar-refractivity contribution in [2.45, 2.75) is 44.9 Å². The van der Waals surface area contributed by atoms with Gasteiger partial charge in [-0.05, 0) is 23.8 Å². The zero-order valence-corrected chi connectivity index (χ0v) is 12.5. The number of hydrogen-bond donors (Lipinski definition) is 1. The van der Waals surface area contributed by atoms with Gasteiger partial charge in [0.15, 0.2) is 0 Å². The Morgan fingerprint density at radius 1 is 1.16 bits per heavy atom. The highest BCUT2D eigenvalue weighted by molar-refractivity contribution is 7.88. The zero-order valence-electron chi connectivity index (χ0n) is 11.7. The molecule has 1 N–H and O–H groups in total. The number of rotatable bonds is 4. The maximum atomic E-state index is 12.2. The van der Waals surface area contributed by atoms with E-state index in [1.807, 2.05) is 30.3 Å². The van der Waals surface area contributed by atoms with Crippen LogP contribution in [0.3, 0.4) is 0 Å². The molecule has 0 aromatic heterocycles. The average molecular weight is 281 g/mol. The Hall–Kier alpha value is -0.870. The molecule has 0 radical (unpaired) electrons. The fraction of sp³-hybridized carbons (Fsp3) is 0.600. The van der Waals surface area contributed by atoms with Crippen LogP contribution in [0.15, 0.2) is 30.3 Å². The predicted octanol–water partition coefficient (Wildman–Crippen LogP) is 2.93. The molecule has 1 aromatic carbocycles. The van der Waals surface area contributed by atoms with Crippen molar-refractivity contribution in [1.29, 1.82) is 0 Å². The third kappa shape index (κ3) is 4.05. The van der Waals surface area contributed by atoms with Crippen LogP contribution in [0.25, 0.3) is 0 Å². The Morgan fingerprint density at radius 2 is 1.84 bits per heavy atom. The molecular weight excluding hydrogens is 258 g/mol. The van der Waals surface area contributed by atoms with E-state index < -0.39 is 10.0 Å². The topological polar surface area (TPSA) is 46.2 Å². The number of nitrogens with one attached hydrogen (secondary N) is 1. The third-order valence-electron chi connectivity index (χ3n) is 4.24. The third-order valence-corrected chi connectivity index (χ3v) is 5.61. The Morgan fingerprint density at radius 3 is 2.53 bits per heavy atom. The minimum absolute atomic E-state index is 0.0748. The molecule has 3 nitrogen and oxygen atoms in total. The highest BCUT2D eigenvalue weighted by Gasteiger charge is 2.30. The minimum atomic E-state index is -3.24. The molecule has 0 saturated heterocycles. The Balaban J connectivity index is 2.01. The molecule has 0 heterocycles. The standard InChI is InChI=1S/C15H23NO2S/c1-12-7-6-10-15(13(12)2)16-19(17,18)11-14-8-4-3-5-9-14/h3-5,8-9,12-13,15-16H,6-7,10-11H2,1-2H3/t12-,13+,15-/m1/s1. The van der Waals surface area contributed by atoms with Crippen LogP contribution in [0, 0.1) is 11.8 Å². The summed E-state index contributed by atoms with van der Waals surface area (Å²) in [6.45, 7) is 4.36. The molecule has 0 aliphatic heterocycles. The molecule has 0 spiro atoms. The van der Waals surface area contributed by atoms with Gasteiger partial charge in [0.25, 0.3) is 0 Å². The molecule has 4 heteroatoms. The highest BCUT2D eigenvalue weighted by Crippen LogP contribution is 2.30. The smallest absolute Gasteiger partial charge is 0.212 e. The molecule has 0 amide bonds. The van der Waals surface area contributed by atoms with E-state index in [-0.39, 0.29) is 11.8 Å². The van der Waals surface area contributed by atoms with Crippen molar-refractivity contribution in [2.24, 2.45) is 11.8 Å². The fourth-order valence-corrected chi connectivity index (χ4v) is 4.32. The summed E-state index contributed by atoms with van der Waals surface area (Å²) in [6, 6.07) is 9.44. The quantitative estimate of drug-likeness (QED) is 0.922. The first kappa shape index (κ1) is 14.5. The van der Waals surface area contributed by atoms with Crippen molar-refractivity contribution >= 4 is 10.0 Å². The Labute approximate surface area is 116 Å². The van der Waals surface area contributed by atoms with Gasteiger partial charge in [-0.25, -0.2) is 13.1 Å². The molecule has 1 aromatic rings. The second-order valence-corrected chi connectivity index (χ2v) is 7.49. The van der Waals surface area contributed by atoms with Gasteiger partial charge in [0.1, 0.15) is 0 Å². The minimum Gasteiger partial charge on any atom is -0.212 e. The molecular formula is C15H23NO2S. The summed E-state index contributed by atoms with van der Waals surface area (Å²) in [5.74, 6) is 1.09. The summed E-state index contributed by atoms with van der Waals surface area (Å²) >= 11 is 0. The second-order valence-electron chi connectivity index (χ2n) is 5.74. The molecule has 106 valence electrons. The van der Waals surface area contributed by atoms with Gasteiger partial charge in [0.05, 0.1) is 5.75 Å². The van der Waals surface area contributed by atoms with Gasteiger partial charge in [0, 0.05) is 6.04 Å². The van der Waals surface area contributed by atoms with Gasteiger partial charge in [-0.1, -0.05) is 57.0 Å². The van der Waals surface area contributed by atoms with Gasteiger partial charge >= 0.3 is 0 Å². The molecule has 2 rings (SSSR count). The predicted molar refractivity (Wildman–Crippen MR) is 78.2 cm³/mol. The first-order valence-corrected chi connectivity index (χ1v) is 8.67. The van der Waals surface area contributed by atoms with Crippen molar-refractivity contribution in [3.05, 3.63) is 35.9 Å². The van der Waals surface area contributed by atoms with Crippen molar-refractivity contribution in [1.82, 2.24) is 4.72 Å². The molecule has 3 atom stereocenters. The first-order chi connectivity index (χ1) is 8.98. The fourth-order valence-electron chi connectivity index (χ4n) is 2.81. The first-order valence-electron chi connectivity index (χ1n) is 7.02. The van der Waals surface area contributed by atoms with Crippen LogP contribution in [-0.4, -0.2) is 14.5 Å². The lowest BCUT2D eigenvalue weighted by molar-refractivity contribution is 0.227. The van der Waals surface area contributed by atoms with Crippen LogP contribution in [0.4, 0.5) is 0 Å². The van der Waals surface area contributed by atoms with Gasteiger partial charge < -0.3 is 0 Å². The van der Waals surface area contributed by atoms with Crippen LogP contribution < -0.4 is 4.72 Å². The van der Waals surface area contributed by atoms with Gasteiger partial charge in [0.2, 0.25) is 10.0 Å². The van der Waals surface area contributed by atoms with E-state index in [1.165, 1.54) is 6.42 Å². The van der Waals surface area contributed by atoms with Crippen molar-refractivity contribution in [2.75, 3.05) is 0 Å².